The molecular weight excluding hydrogens is 219 g/mol. The Morgan fingerprint density at radius 1 is 1.29 bits per heavy atom. The Labute approximate surface area is 102 Å². The molecule has 1 N–H and O–H groups in total. The van der Waals surface area contributed by atoms with E-state index in [-0.39, 0.29) is 12.4 Å². The van der Waals surface area contributed by atoms with Crippen molar-refractivity contribution in [1.29, 1.82) is 0 Å². The zero-order chi connectivity index (χ0) is 12.5. The zero-order valence-corrected chi connectivity index (χ0v) is 9.99. The Hall–Kier alpha value is -1.35. The number of hydrogen-bond acceptors (Lipinski definition) is 2. The van der Waals surface area contributed by atoms with Crippen LogP contribution in [0.5, 0.6) is 5.75 Å². The highest BCUT2D eigenvalue weighted by atomic mass is 19.1. The number of aliphatic hydroxyl groups excluding tert-OH is 1. The summed E-state index contributed by atoms with van der Waals surface area (Å²) in [6.07, 6.45) is 5.89. The third kappa shape index (κ3) is 4.57. The maximum Gasteiger partial charge on any atom is 0.165 e. The number of para-hydroxylation sites is 1. The molecule has 0 fully saturated rings. The Morgan fingerprint density at radius 2 is 2.12 bits per heavy atom. The highest BCUT2D eigenvalue weighted by Gasteiger charge is 2.08. The molecule has 0 saturated carbocycles. The van der Waals surface area contributed by atoms with Gasteiger partial charge in [-0.2, -0.15) is 0 Å². The smallest absolute Gasteiger partial charge is 0.165 e. The zero-order valence-electron chi connectivity index (χ0n) is 9.99. The van der Waals surface area contributed by atoms with E-state index in [4.69, 9.17) is 9.84 Å². The predicted octanol–water partition coefficient (Wildman–Crippen LogP) is 3.44. The number of aliphatic hydroxyl groups is 1. The normalized spacial score (nSPS) is 10.2. The van der Waals surface area contributed by atoms with Crippen LogP contribution in [-0.2, 0) is 6.61 Å². The largest absolute Gasteiger partial charge is 0.490 e. The Balaban J connectivity index is 2.38. The first kappa shape index (κ1) is 13.7. The summed E-state index contributed by atoms with van der Waals surface area (Å²) in [6, 6.07) is 4.57. The molecule has 0 aliphatic rings. The van der Waals surface area contributed by atoms with Crippen LogP contribution in [0.1, 0.15) is 31.2 Å². The first-order valence-electron chi connectivity index (χ1n) is 5.91. The third-order valence-corrected chi connectivity index (χ3v) is 2.52. The van der Waals surface area contributed by atoms with Crippen molar-refractivity contribution in [3.8, 4) is 5.75 Å². The van der Waals surface area contributed by atoms with Gasteiger partial charge in [-0.05, 0) is 31.7 Å². The molecule has 0 aromatic heterocycles. The van der Waals surface area contributed by atoms with Crippen LogP contribution in [0.2, 0.25) is 0 Å². The van der Waals surface area contributed by atoms with Gasteiger partial charge in [0, 0.05) is 5.56 Å². The standard InChI is InChI=1S/C14H19FO2/c1-2-3-4-5-6-10-17-14-12(11-16)8-7-9-13(14)15/h2,7-9,16H,1,3-6,10-11H2. The lowest BCUT2D eigenvalue weighted by molar-refractivity contribution is 0.253. The fourth-order valence-electron chi connectivity index (χ4n) is 1.58. The van der Waals surface area contributed by atoms with Crippen LogP contribution in [-0.4, -0.2) is 11.7 Å². The van der Waals surface area contributed by atoms with Crippen molar-refractivity contribution in [2.75, 3.05) is 6.61 Å². The molecule has 0 radical (unpaired) electrons. The average molecular weight is 238 g/mol. The van der Waals surface area contributed by atoms with Gasteiger partial charge in [0.2, 0.25) is 0 Å². The van der Waals surface area contributed by atoms with Gasteiger partial charge in [0.05, 0.1) is 13.2 Å². The van der Waals surface area contributed by atoms with Gasteiger partial charge in [-0.1, -0.05) is 18.2 Å². The number of ether oxygens (including phenoxy) is 1. The van der Waals surface area contributed by atoms with Crippen LogP contribution in [0.3, 0.4) is 0 Å². The van der Waals surface area contributed by atoms with Crippen LogP contribution in [0.4, 0.5) is 4.39 Å². The van der Waals surface area contributed by atoms with Crippen LogP contribution in [0, 0.1) is 5.82 Å². The molecule has 1 rings (SSSR count). The summed E-state index contributed by atoms with van der Waals surface area (Å²) in [5.41, 5.74) is 0.496. The van der Waals surface area contributed by atoms with Crippen molar-refractivity contribution in [3.63, 3.8) is 0 Å². The molecular formula is C14H19FO2. The molecule has 0 atom stereocenters. The number of halogens is 1. The van der Waals surface area contributed by atoms with Crippen molar-refractivity contribution in [2.45, 2.75) is 32.3 Å². The molecule has 0 bridgehead atoms. The van der Waals surface area contributed by atoms with Gasteiger partial charge in [0.25, 0.3) is 0 Å². The number of benzene rings is 1. The summed E-state index contributed by atoms with van der Waals surface area (Å²) in [7, 11) is 0. The van der Waals surface area contributed by atoms with E-state index in [1.165, 1.54) is 6.07 Å². The van der Waals surface area contributed by atoms with Gasteiger partial charge >= 0.3 is 0 Å². The van der Waals surface area contributed by atoms with Crippen molar-refractivity contribution in [1.82, 2.24) is 0 Å². The van der Waals surface area contributed by atoms with E-state index in [2.05, 4.69) is 6.58 Å². The number of hydrogen-bond donors (Lipinski definition) is 1. The minimum Gasteiger partial charge on any atom is -0.490 e. The second-order valence-corrected chi connectivity index (χ2v) is 3.87. The van der Waals surface area contributed by atoms with Crippen molar-refractivity contribution in [3.05, 3.63) is 42.2 Å². The van der Waals surface area contributed by atoms with Gasteiger partial charge in [0.1, 0.15) is 0 Å². The maximum absolute atomic E-state index is 13.4. The van der Waals surface area contributed by atoms with Gasteiger partial charge in [-0.25, -0.2) is 4.39 Å². The summed E-state index contributed by atoms with van der Waals surface area (Å²) < 4.78 is 18.8. The number of rotatable bonds is 8. The maximum atomic E-state index is 13.4. The minimum absolute atomic E-state index is 0.179. The minimum atomic E-state index is -0.414. The summed E-state index contributed by atoms with van der Waals surface area (Å²) in [6.45, 7) is 3.92. The first-order valence-corrected chi connectivity index (χ1v) is 5.91. The topological polar surface area (TPSA) is 29.5 Å². The lowest BCUT2D eigenvalue weighted by Gasteiger charge is -2.10. The molecule has 1 aromatic rings. The molecule has 0 heterocycles. The monoisotopic (exact) mass is 238 g/mol. The van der Waals surface area contributed by atoms with Crippen LogP contribution >= 0.6 is 0 Å². The molecule has 17 heavy (non-hydrogen) atoms. The number of allylic oxidation sites excluding steroid dienone is 1. The second kappa shape index (κ2) is 7.85. The quantitative estimate of drug-likeness (QED) is 0.555. The van der Waals surface area contributed by atoms with Crippen LogP contribution in [0.25, 0.3) is 0 Å². The molecule has 0 amide bonds. The summed E-state index contributed by atoms with van der Waals surface area (Å²) in [5.74, 6) is -0.235. The van der Waals surface area contributed by atoms with E-state index in [1.54, 1.807) is 12.1 Å². The molecule has 94 valence electrons. The molecule has 0 saturated heterocycles. The number of unbranched alkanes of at least 4 members (excludes halogenated alkanes) is 3. The SMILES string of the molecule is C=CCCCCCOc1c(F)cccc1CO. The van der Waals surface area contributed by atoms with E-state index in [1.807, 2.05) is 6.08 Å². The highest BCUT2D eigenvalue weighted by Crippen LogP contribution is 2.22. The lowest BCUT2D eigenvalue weighted by atomic mass is 10.2. The third-order valence-electron chi connectivity index (χ3n) is 2.52. The fraction of sp³-hybridized carbons (Fsp3) is 0.429. The van der Waals surface area contributed by atoms with Crippen molar-refractivity contribution >= 4 is 0 Å². The van der Waals surface area contributed by atoms with Gasteiger partial charge in [0.15, 0.2) is 11.6 Å². The molecule has 0 aliphatic heterocycles. The molecule has 3 heteroatoms. The van der Waals surface area contributed by atoms with Gasteiger partial charge in [-0.15, -0.1) is 6.58 Å². The fourth-order valence-corrected chi connectivity index (χ4v) is 1.58. The van der Waals surface area contributed by atoms with E-state index < -0.39 is 5.82 Å². The summed E-state index contributed by atoms with van der Waals surface area (Å²) >= 11 is 0. The van der Waals surface area contributed by atoms with Crippen molar-refractivity contribution < 1.29 is 14.2 Å². The first-order chi connectivity index (χ1) is 8.29. The lowest BCUT2D eigenvalue weighted by Crippen LogP contribution is -2.02. The van der Waals surface area contributed by atoms with E-state index in [0.717, 1.165) is 25.7 Å². The van der Waals surface area contributed by atoms with Gasteiger partial charge < -0.3 is 9.84 Å². The Kier molecular flexibility index (Phi) is 6.33. The van der Waals surface area contributed by atoms with Crippen molar-refractivity contribution in [2.24, 2.45) is 0 Å². The molecule has 2 nitrogen and oxygen atoms in total. The molecule has 1 aromatic carbocycles. The molecule has 0 spiro atoms. The Morgan fingerprint density at radius 3 is 2.82 bits per heavy atom. The van der Waals surface area contributed by atoms with E-state index in [0.29, 0.717) is 12.2 Å². The summed E-state index contributed by atoms with van der Waals surface area (Å²) in [5, 5.41) is 9.06. The highest BCUT2D eigenvalue weighted by molar-refractivity contribution is 5.34. The second-order valence-electron chi connectivity index (χ2n) is 3.87. The van der Waals surface area contributed by atoms with Gasteiger partial charge in [-0.3, -0.25) is 0 Å². The summed E-state index contributed by atoms with van der Waals surface area (Å²) in [4.78, 5) is 0. The van der Waals surface area contributed by atoms with E-state index >= 15 is 0 Å². The van der Waals surface area contributed by atoms with Crippen LogP contribution < -0.4 is 4.74 Å². The van der Waals surface area contributed by atoms with E-state index in [9.17, 15) is 4.39 Å². The molecule has 0 aliphatic carbocycles. The average Bonchev–Trinajstić information content (AvgIpc) is 2.35. The predicted molar refractivity (Wildman–Crippen MR) is 66.5 cm³/mol. The Bertz CT molecular complexity index is 350. The molecule has 0 unspecified atom stereocenters. The van der Waals surface area contributed by atoms with Crippen LogP contribution in [0.15, 0.2) is 30.9 Å².